The molecule has 3 aromatic rings. The lowest BCUT2D eigenvalue weighted by atomic mass is 9.90. The van der Waals surface area contributed by atoms with E-state index in [1.165, 1.54) is 11.1 Å². The van der Waals surface area contributed by atoms with Crippen LogP contribution in [-0.4, -0.2) is 27.0 Å². The number of rotatable bonds is 4. The summed E-state index contributed by atoms with van der Waals surface area (Å²) in [6, 6.07) is 13.0. The first-order valence-corrected chi connectivity index (χ1v) is 10.6. The number of aromatic nitrogens is 2. The Bertz CT molecular complexity index is 1160. The second-order valence-electron chi connectivity index (χ2n) is 7.79. The monoisotopic (exact) mass is 466 g/mol. The molecule has 1 aliphatic carbocycles. The van der Waals surface area contributed by atoms with Crippen molar-refractivity contribution in [1.82, 2.24) is 20.4 Å². The maximum absolute atomic E-state index is 13.2. The van der Waals surface area contributed by atoms with Crippen LogP contribution in [0.4, 0.5) is 4.79 Å². The highest BCUT2D eigenvalue weighted by Gasteiger charge is 2.49. The zero-order chi connectivity index (χ0) is 20.9. The molecule has 152 valence electrons. The van der Waals surface area contributed by atoms with Crippen LogP contribution >= 0.6 is 15.9 Å². The SMILES string of the molecule is C[C@]1(c2ccc3c(c2)CCC3)NC(=O)N(Cc2nnc(-c3ccc(Br)cc3)o2)C1=O. The third kappa shape index (κ3) is 3.11. The summed E-state index contributed by atoms with van der Waals surface area (Å²) < 4.78 is 6.63. The number of carbonyl (C=O) groups excluding carboxylic acids is 2. The van der Waals surface area contributed by atoms with E-state index in [0.29, 0.717) is 5.89 Å². The van der Waals surface area contributed by atoms with Gasteiger partial charge in [-0.15, -0.1) is 10.2 Å². The lowest BCUT2D eigenvalue weighted by Crippen LogP contribution is -2.41. The van der Waals surface area contributed by atoms with Crippen LogP contribution in [0.2, 0.25) is 0 Å². The lowest BCUT2D eigenvalue weighted by Gasteiger charge is -2.23. The number of hydrogen-bond donors (Lipinski definition) is 1. The van der Waals surface area contributed by atoms with Gasteiger partial charge in [-0.3, -0.25) is 9.69 Å². The maximum atomic E-state index is 13.2. The Morgan fingerprint density at radius 1 is 1.10 bits per heavy atom. The van der Waals surface area contributed by atoms with Crippen molar-refractivity contribution in [1.29, 1.82) is 0 Å². The van der Waals surface area contributed by atoms with Gasteiger partial charge >= 0.3 is 6.03 Å². The van der Waals surface area contributed by atoms with Gasteiger partial charge in [0.15, 0.2) is 0 Å². The second kappa shape index (κ2) is 7.05. The summed E-state index contributed by atoms with van der Waals surface area (Å²) in [5.41, 5.74) is 3.03. The van der Waals surface area contributed by atoms with E-state index in [1.807, 2.05) is 36.4 Å². The zero-order valence-corrected chi connectivity index (χ0v) is 17.9. The molecule has 1 saturated heterocycles. The molecule has 0 saturated carbocycles. The van der Waals surface area contributed by atoms with Crippen LogP contribution in [0.5, 0.6) is 0 Å². The minimum Gasteiger partial charge on any atom is -0.419 e. The molecule has 2 aliphatic rings. The summed E-state index contributed by atoms with van der Waals surface area (Å²) in [6.07, 6.45) is 3.20. The molecule has 0 radical (unpaired) electrons. The summed E-state index contributed by atoms with van der Waals surface area (Å²) >= 11 is 3.39. The number of halogens is 1. The zero-order valence-electron chi connectivity index (χ0n) is 16.3. The predicted octanol–water partition coefficient (Wildman–Crippen LogP) is 3.96. The van der Waals surface area contributed by atoms with Crippen molar-refractivity contribution in [2.75, 3.05) is 0 Å². The lowest BCUT2D eigenvalue weighted by molar-refractivity contribution is -0.131. The van der Waals surface area contributed by atoms with Crippen LogP contribution < -0.4 is 5.32 Å². The van der Waals surface area contributed by atoms with Gasteiger partial charge in [-0.25, -0.2) is 4.79 Å². The number of carbonyl (C=O) groups is 2. The van der Waals surface area contributed by atoms with Gasteiger partial charge in [0.05, 0.1) is 0 Å². The normalized spacial score (nSPS) is 20.5. The van der Waals surface area contributed by atoms with Gasteiger partial charge in [-0.2, -0.15) is 0 Å². The molecular weight excluding hydrogens is 448 g/mol. The topological polar surface area (TPSA) is 88.3 Å². The summed E-state index contributed by atoms with van der Waals surface area (Å²) in [7, 11) is 0. The average Bonchev–Trinajstić information content (AvgIpc) is 3.44. The first-order chi connectivity index (χ1) is 14.4. The van der Waals surface area contributed by atoms with E-state index in [2.05, 4.69) is 37.5 Å². The minimum atomic E-state index is -1.11. The van der Waals surface area contributed by atoms with Crippen LogP contribution in [0, 0.1) is 0 Å². The number of imide groups is 1. The van der Waals surface area contributed by atoms with Crippen molar-refractivity contribution >= 4 is 27.9 Å². The van der Waals surface area contributed by atoms with Gasteiger partial charge in [0, 0.05) is 10.0 Å². The highest BCUT2D eigenvalue weighted by Crippen LogP contribution is 2.33. The second-order valence-corrected chi connectivity index (χ2v) is 8.71. The quantitative estimate of drug-likeness (QED) is 0.587. The third-order valence-electron chi connectivity index (χ3n) is 5.80. The molecule has 3 amide bonds. The Kier molecular flexibility index (Phi) is 4.47. The number of nitrogens with zero attached hydrogens (tertiary/aromatic N) is 3. The first kappa shape index (κ1) is 19.0. The van der Waals surface area contributed by atoms with Gasteiger partial charge < -0.3 is 9.73 Å². The van der Waals surface area contributed by atoms with Crippen molar-refractivity contribution in [2.24, 2.45) is 0 Å². The number of fused-ring (bicyclic) bond motifs is 1. The molecular formula is C22H19BrN4O3. The standard InChI is InChI=1S/C22H19BrN4O3/c1-22(16-8-5-13-3-2-4-15(13)11-16)20(28)27(21(29)24-22)12-18-25-26-19(30-18)14-6-9-17(23)10-7-14/h5-11H,2-4,12H2,1H3,(H,24,29)/t22-/m1/s1. The fourth-order valence-corrected chi connectivity index (χ4v) is 4.35. The van der Waals surface area contributed by atoms with E-state index in [1.54, 1.807) is 6.92 Å². The molecule has 0 unspecified atom stereocenters. The molecule has 5 rings (SSSR count). The van der Waals surface area contributed by atoms with Gasteiger partial charge in [0.2, 0.25) is 11.8 Å². The molecule has 30 heavy (non-hydrogen) atoms. The maximum Gasteiger partial charge on any atom is 0.325 e. The summed E-state index contributed by atoms with van der Waals surface area (Å²) in [5.74, 6) is 0.217. The number of aryl methyl sites for hydroxylation is 2. The molecule has 8 heteroatoms. The summed E-state index contributed by atoms with van der Waals surface area (Å²) in [5, 5.41) is 10.9. The molecule has 2 aromatic carbocycles. The van der Waals surface area contributed by atoms with Crippen LogP contribution in [0.3, 0.4) is 0 Å². The smallest absolute Gasteiger partial charge is 0.325 e. The fourth-order valence-electron chi connectivity index (χ4n) is 4.08. The van der Waals surface area contributed by atoms with E-state index in [-0.39, 0.29) is 18.3 Å². The number of amides is 3. The third-order valence-corrected chi connectivity index (χ3v) is 6.33. The molecule has 1 fully saturated rings. The fraction of sp³-hybridized carbons (Fsp3) is 0.273. The van der Waals surface area contributed by atoms with E-state index in [9.17, 15) is 9.59 Å². The van der Waals surface area contributed by atoms with Crippen LogP contribution in [0.25, 0.3) is 11.5 Å². The van der Waals surface area contributed by atoms with Gasteiger partial charge in [-0.1, -0.05) is 34.1 Å². The van der Waals surface area contributed by atoms with Crippen LogP contribution in [-0.2, 0) is 29.7 Å². The highest BCUT2D eigenvalue weighted by molar-refractivity contribution is 9.10. The summed E-state index contributed by atoms with van der Waals surface area (Å²) in [6.45, 7) is 1.67. The molecule has 0 spiro atoms. The predicted molar refractivity (Wildman–Crippen MR) is 112 cm³/mol. The van der Waals surface area contributed by atoms with Crippen molar-refractivity contribution in [2.45, 2.75) is 38.3 Å². The largest absolute Gasteiger partial charge is 0.419 e. The van der Waals surface area contributed by atoms with Crippen LogP contribution in [0.15, 0.2) is 51.4 Å². The highest BCUT2D eigenvalue weighted by atomic mass is 79.9. The number of hydrogen-bond acceptors (Lipinski definition) is 5. The Morgan fingerprint density at radius 2 is 1.87 bits per heavy atom. The molecule has 1 aromatic heterocycles. The molecule has 1 N–H and O–H groups in total. The van der Waals surface area contributed by atoms with Gasteiger partial charge in [-0.05, 0) is 67.1 Å². The Balaban J connectivity index is 1.38. The Labute approximate surface area is 181 Å². The van der Waals surface area contributed by atoms with Gasteiger partial charge in [0.25, 0.3) is 5.91 Å². The first-order valence-electron chi connectivity index (χ1n) is 9.79. The van der Waals surface area contributed by atoms with Crippen molar-refractivity contribution in [3.8, 4) is 11.5 Å². The van der Waals surface area contributed by atoms with E-state index >= 15 is 0 Å². The van der Waals surface area contributed by atoms with Crippen molar-refractivity contribution < 1.29 is 14.0 Å². The minimum absolute atomic E-state index is 0.0747. The summed E-state index contributed by atoms with van der Waals surface area (Å²) in [4.78, 5) is 27.0. The molecule has 0 bridgehead atoms. The van der Waals surface area contributed by atoms with E-state index < -0.39 is 11.6 Å². The van der Waals surface area contributed by atoms with E-state index in [4.69, 9.17) is 4.42 Å². The number of nitrogens with one attached hydrogen (secondary N) is 1. The molecule has 1 atom stereocenters. The van der Waals surface area contributed by atoms with E-state index in [0.717, 1.165) is 39.8 Å². The van der Waals surface area contributed by atoms with Crippen LogP contribution in [0.1, 0.15) is 35.9 Å². The Hall–Kier alpha value is -3.00. The molecule has 1 aliphatic heterocycles. The molecule has 7 nitrogen and oxygen atoms in total. The molecule has 2 heterocycles. The Morgan fingerprint density at radius 3 is 2.67 bits per heavy atom. The van der Waals surface area contributed by atoms with Gasteiger partial charge in [0.1, 0.15) is 12.1 Å². The van der Waals surface area contributed by atoms with Crippen molar-refractivity contribution in [3.63, 3.8) is 0 Å². The average molecular weight is 467 g/mol. The number of benzene rings is 2. The van der Waals surface area contributed by atoms with Crippen molar-refractivity contribution in [3.05, 3.63) is 69.5 Å². The number of urea groups is 1.